The molecule has 9 heteroatoms. The Morgan fingerprint density at radius 3 is 2.38 bits per heavy atom. The van der Waals surface area contributed by atoms with Gasteiger partial charge in [0.15, 0.2) is 0 Å². The molecule has 0 saturated heterocycles. The molecule has 0 radical (unpaired) electrons. The molecule has 2 rings (SSSR count). The molecule has 0 aliphatic rings. The highest BCUT2D eigenvalue weighted by Crippen LogP contribution is 2.20. The van der Waals surface area contributed by atoms with E-state index in [0.29, 0.717) is 4.47 Å². The van der Waals surface area contributed by atoms with Crippen molar-refractivity contribution in [1.82, 2.24) is 4.47 Å². The van der Waals surface area contributed by atoms with E-state index in [1.165, 1.54) is 50.6 Å². The summed E-state index contributed by atoms with van der Waals surface area (Å²) in [5.41, 5.74) is 0.142. The third-order valence-electron chi connectivity index (χ3n) is 3.19. The SMILES string of the molecule is CON(C)S(=O)(=O)c1ccc(C(=O)Nc2ccc(Cl)cc2F)cc1. The molecule has 0 spiro atoms. The summed E-state index contributed by atoms with van der Waals surface area (Å²) in [6.07, 6.45) is 0. The normalized spacial score (nSPS) is 11.5. The predicted octanol–water partition coefficient (Wildman–Crippen LogP) is 2.91. The van der Waals surface area contributed by atoms with E-state index in [0.717, 1.165) is 6.07 Å². The predicted molar refractivity (Wildman–Crippen MR) is 87.8 cm³/mol. The van der Waals surface area contributed by atoms with Gasteiger partial charge in [-0.15, -0.1) is 0 Å². The Labute approximate surface area is 143 Å². The van der Waals surface area contributed by atoms with Crippen LogP contribution >= 0.6 is 11.6 Å². The lowest BCUT2D eigenvalue weighted by Gasteiger charge is -2.14. The van der Waals surface area contributed by atoms with Crippen molar-refractivity contribution < 1.29 is 22.4 Å². The topological polar surface area (TPSA) is 75.7 Å². The number of amides is 1. The summed E-state index contributed by atoms with van der Waals surface area (Å²) in [4.78, 5) is 16.7. The lowest BCUT2D eigenvalue weighted by atomic mass is 10.2. The summed E-state index contributed by atoms with van der Waals surface area (Å²) in [5, 5.41) is 2.60. The highest BCUT2D eigenvalue weighted by Gasteiger charge is 2.21. The first-order valence-corrected chi connectivity index (χ1v) is 8.47. The average molecular weight is 373 g/mol. The van der Waals surface area contributed by atoms with Gasteiger partial charge in [0.25, 0.3) is 15.9 Å². The second-order valence-corrected chi connectivity index (χ2v) is 7.07. The Hall–Kier alpha value is -2.00. The molecular weight excluding hydrogens is 359 g/mol. The van der Waals surface area contributed by atoms with Crippen LogP contribution in [-0.4, -0.2) is 33.0 Å². The molecule has 2 aromatic rings. The fraction of sp³-hybridized carbons (Fsp3) is 0.133. The first kappa shape index (κ1) is 18.3. The number of benzene rings is 2. The Morgan fingerprint density at radius 1 is 1.21 bits per heavy atom. The van der Waals surface area contributed by atoms with E-state index in [2.05, 4.69) is 10.2 Å². The number of carbonyl (C=O) groups is 1. The molecule has 0 unspecified atom stereocenters. The molecule has 0 aliphatic carbocycles. The molecule has 24 heavy (non-hydrogen) atoms. The number of anilines is 1. The van der Waals surface area contributed by atoms with Crippen molar-refractivity contribution in [3.8, 4) is 0 Å². The van der Waals surface area contributed by atoms with Gasteiger partial charge in [-0.1, -0.05) is 16.1 Å². The molecule has 1 amide bonds. The summed E-state index contributed by atoms with van der Waals surface area (Å²) in [6.45, 7) is 0. The third-order valence-corrected chi connectivity index (χ3v) is 5.12. The molecule has 6 nitrogen and oxygen atoms in total. The molecule has 128 valence electrons. The number of hydrogen-bond donors (Lipinski definition) is 1. The number of nitrogens with zero attached hydrogens (tertiary/aromatic N) is 1. The maximum atomic E-state index is 13.7. The monoisotopic (exact) mass is 372 g/mol. The van der Waals surface area contributed by atoms with Crippen molar-refractivity contribution in [3.05, 3.63) is 58.9 Å². The molecule has 0 fully saturated rings. The Bertz CT molecular complexity index is 856. The summed E-state index contributed by atoms with van der Waals surface area (Å²) in [5.74, 6) is -1.25. The molecule has 2 aromatic carbocycles. The Balaban J connectivity index is 2.20. The van der Waals surface area contributed by atoms with Crippen LogP contribution in [0.2, 0.25) is 5.02 Å². The fourth-order valence-corrected chi connectivity index (χ4v) is 2.94. The highest BCUT2D eigenvalue weighted by atomic mass is 35.5. The van der Waals surface area contributed by atoms with E-state index in [1.807, 2.05) is 0 Å². The van der Waals surface area contributed by atoms with Gasteiger partial charge in [0.05, 0.1) is 17.7 Å². The molecule has 0 saturated carbocycles. The summed E-state index contributed by atoms with van der Waals surface area (Å²) < 4.78 is 38.5. The lowest BCUT2D eigenvalue weighted by molar-refractivity contribution is -0.0258. The average Bonchev–Trinajstić information content (AvgIpc) is 2.56. The van der Waals surface area contributed by atoms with E-state index in [9.17, 15) is 17.6 Å². The number of carbonyl (C=O) groups excluding carboxylic acids is 1. The fourth-order valence-electron chi connectivity index (χ4n) is 1.81. The zero-order valence-corrected chi connectivity index (χ0v) is 14.4. The first-order valence-electron chi connectivity index (χ1n) is 6.65. The molecular formula is C15H14ClFN2O4S. The zero-order valence-electron chi connectivity index (χ0n) is 12.8. The molecule has 0 aromatic heterocycles. The van der Waals surface area contributed by atoms with Crippen LogP contribution in [0.5, 0.6) is 0 Å². The van der Waals surface area contributed by atoms with E-state index in [4.69, 9.17) is 11.6 Å². The van der Waals surface area contributed by atoms with Crippen molar-refractivity contribution in [3.63, 3.8) is 0 Å². The minimum atomic E-state index is -3.80. The van der Waals surface area contributed by atoms with E-state index in [1.54, 1.807) is 0 Å². The van der Waals surface area contributed by atoms with Crippen LogP contribution in [0.4, 0.5) is 10.1 Å². The Kier molecular flexibility index (Phi) is 5.55. The second-order valence-electron chi connectivity index (χ2n) is 4.70. The van der Waals surface area contributed by atoms with Crippen LogP contribution in [0.25, 0.3) is 0 Å². The van der Waals surface area contributed by atoms with Crippen LogP contribution in [0.3, 0.4) is 0 Å². The van der Waals surface area contributed by atoms with Crippen molar-refractivity contribution in [1.29, 1.82) is 0 Å². The largest absolute Gasteiger partial charge is 0.319 e. The zero-order chi connectivity index (χ0) is 17.9. The number of hydrogen-bond acceptors (Lipinski definition) is 4. The van der Waals surface area contributed by atoms with Crippen LogP contribution in [-0.2, 0) is 14.9 Å². The van der Waals surface area contributed by atoms with Gasteiger partial charge in [-0.05, 0) is 42.5 Å². The van der Waals surface area contributed by atoms with Crippen molar-refractivity contribution in [2.24, 2.45) is 0 Å². The third kappa shape index (κ3) is 3.90. The first-order chi connectivity index (χ1) is 11.3. The lowest BCUT2D eigenvalue weighted by Crippen LogP contribution is -2.25. The Morgan fingerprint density at radius 2 is 1.83 bits per heavy atom. The van der Waals surface area contributed by atoms with Gasteiger partial charge >= 0.3 is 0 Å². The van der Waals surface area contributed by atoms with Gasteiger partial charge in [0.2, 0.25) is 0 Å². The highest BCUT2D eigenvalue weighted by molar-refractivity contribution is 7.89. The standard InChI is InChI=1S/C15H14ClFN2O4S/c1-19(23-2)24(21,22)12-6-3-10(4-7-12)15(20)18-14-8-5-11(16)9-13(14)17/h3-9H,1-2H3,(H,18,20). The van der Waals surface area contributed by atoms with E-state index in [-0.39, 0.29) is 21.2 Å². The minimum Gasteiger partial charge on any atom is -0.319 e. The summed E-state index contributed by atoms with van der Waals surface area (Å²) >= 11 is 5.64. The van der Waals surface area contributed by atoms with Gasteiger partial charge in [-0.2, -0.15) is 0 Å². The molecule has 0 atom stereocenters. The smallest absolute Gasteiger partial charge is 0.264 e. The number of hydroxylamine groups is 1. The number of sulfonamides is 1. The van der Waals surface area contributed by atoms with Gasteiger partial charge in [-0.3, -0.25) is 9.63 Å². The van der Waals surface area contributed by atoms with Crippen molar-refractivity contribution >= 4 is 33.2 Å². The van der Waals surface area contributed by atoms with E-state index < -0.39 is 21.7 Å². The van der Waals surface area contributed by atoms with Gasteiger partial charge < -0.3 is 5.32 Å². The number of halogens is 2. The molecule has 1 N–H and O–H groups in total. The van der Waals surface area contributed by atoms with Crippen molar-refractivity contribution in [2.45, 2.75) is 4.90 Å². The number of rotatable bonds is 5. The molecule has 0 aliphatic heterocycles. The number of nitrogens with one attached hydrogen (secondary N) is 1. The quantitative estimate of drug-likeness (QED) is 0.819. The van der Waals surface area contributed by atoms with Gasteiger partial charge in [0, 0.05) is 17.6 Å². The maximum absolute atomic E-state index is 13.7. The van der Waals surface area contributed by atoms with Crippen LogP contribution < -0.4 is 5.32 Å². The summed E-state index contributed by atoms with van der Waals surface area (Å²) in [6, 6.07) is 9.01. The maximum Gasteiger partial charge on any atom is 0.264 e. The van der Waals surface area contributed by atoms with E-state index >= 15 is 0 Å². The van der Waals surface area contributed by atoms with Crippen LogP contribution in [0.15, 0.2) is 47.4 Å². The summed E-state index contributed by atoms with van der Waals surface area (Å²) in [7, 11) is -1.33. The molecule has 0 heterocycles. The van der Waals surface area contributed by atoms with Crippen LogP contribution in [0, 0.1) is 5.82 Å². The van der Waals surface area contributed by atoms with Gasteiger partial charge in [0.1, 0.15) is 5.82 Å². The molecule has 0 bridgehead atoms. The minimum absolute atomic E-state index is 0.0276. The van der Waals surface area contributed by atoms with Crippen molar-refractivity contribution in [2.75, 3.05) is 19.5 Å². The van der Waals surface area contributed by atoms with Crippen LogP contribution in [0.1, 0.15) is 10.4 Å². The second kappa shape index (κ2) is 7.27. The van der Waals surface area contributed by atoms with Gasteiger partial charge in [-0.25, -0.2) is 12.8 Å².